The fourth-order valence-corrected chi connectivity index (χ4v) is 2.84. The molecule has 0 aliphatic rings. The van der Waals surface area contributed by atoms with Crippen LogP contribution >= 0.6 is 11.6 Å². The van der Waals surface area contributed by atoms with E-state index in [4.69, 9.17) is 16.3 Å². The van der Waals surface area contributed by atoms with Crippen molar-refractivity contribution in [2.75, 3.05) is 12.4 Å². The Labute approximate surface area is 168 Å². The maximum Gasteiger partial charge on any atom is 0.255 e. The van der Waals surface area contributed by atoms with Crippen LogP contribution in [0.25, 0.3) is 0 Å². The number of hydrogen-bond acceptors (Lipinski definition) is 3. The molecule has 0 aliphatic carbocycles. The van der Waals surface area contributed by atoms with Gasteiger partial charge in [0.05, 0.1) is 17.8 Å². The van der Waals surface area contributed by atoms with Crippen LogP contribution in [0, 0.1) is 0 Å². The molecule has 0 bridgehead atoms. The third-order valence-corrected chi connectivity index (χ3v) is 4.49. The van der Waals surface area contributed by atoms with Crippen molar-refractivity contribution in [3.63, 3.8) is 0 Å². The molecule has 0 aromatic heterocycles. The molecule has 142 valence electrons. The van der Waals surface area contributed by atoms with Gasteiger partial charge >= 0.3 is 0 Å². The van der Waals surface area contributed by atoms with Gasteiger partial charge in [0, 0.05) is 23.2 Å². The average molecular weight is 395 g/mol. The van der Waals surface area contributed by atoms with Crippen molar-refractivity contribution < 1.29 is 14.3 Å². The summed E-state index contributed by atoms with van der Waals surface area (Å²) < 4.78 is 5.28. The summed E-state index contributed by atoms with van der Waals surface area (Å²) in [5, 5.41) is 6.06. The smallest absolute Gasteiger partial charge is 0.255 e. The molecule has 0 radical (unpaired) electrons. The summed E-state index contributed by atoms with van der Waals surface area (Å²) in [5.41, 5.74) is 2.31. The van der Waals surface area contributed by atoms with Crippen LogP contribution in [-0.2, 0) is 6.54 Å². The van der Waals surface area contributed by atoms with Gasteiger partial charge in [-0.3, -0.25) is 9.59 Å². The first-order valence-corrected chi connectivity index (χ1v) is 9.02. The molecule has 0 atom stereocenters. The number of carbonyl (C=O) groups is 2. The van der Waals surface area contributed by atoms with Crippen LogP contribution < -0.4 is 15.4 Å². The second-order valence-corrected chi connectivity index (χ2v) is 6.41. The van der Waals surface area contributed by atoms with Crippen LogP contribution in [0.5, 0.6) is 5.75 Å². The number of amides is 2. The molecule has 0 saturated carbocycles. The topological polar surface area (TPSA) is 67.4 Å². The number of benzene rings is 3. The summed E-state index contributed by atoms with van der Waals surface area (Å²) in [7, 11) is 1.59. The Hall–Kier alpha value is -3.31. The molecule has 3 aromatic rings. The van der Waals surface area contributed by atoms with E-state index in [1.807, 2.05) is 24.3 Å². The van der Waals surface area contributed by atoms with Gasteiger partial charge in [-0.05, 0) is 42.5 Å². The molecular formula is C22H19ClN2O3. The number of hydrogen-bond donors (Lipinski definition) is 2. The molecule has 0 heterocycles. The minimum atomic E-state index is -0.297. The minimum Gasteiger partial charge on any atom is -0.496 e. The number of carbonyl (C=O) groups excluding carboxylic acids is 2. The first kappa shape index (κ1) is 19.5. The van der Waals surface area contributed by atoms with Gasteiger partial charge in [-0.2, -0.15) is 0 Å². The average Bonchev–Trinajstić information content (AvgIpc) is 2.74. The Balaban J connectivity index is 1.62. The van der Waals surface area contributed by atoms with E-state index >= 15 is 0 Å². The molecule has 2 N–H and O–H groups in total. The molecule has 28 heavy (non-hydrogen) atoms. The van der Waals surface area contributed by atoms with Crippen molar-refractivity contribution in [2.45, 2.75) is 6.54 Å². The monoisotopic (exact) mass is 394 g/mol. The molecular weight excluding hydrogens is 376 g/mol. The summed E-state index contributed by atoms with van der Waals surface area (Å²) in [4.78, 5) is 24.7. The van der Waals surface area contributed by atoms with Gasteiger partial charge in [0.2, 0.25) is 0 Å². The second-order valence-electron chi connectivity index (χ2n) is 6.01. The molecule has 5 nitrogen and oxygen atoms in total. The molecule has 0 fully saturated rings. The van der Waals surface area contributed by atoms with E-state index in [-0.39, 0.29) is 11.8 Å². The van der Waals surface area contributed by atoms with Crippen LogP contribution in [0.3, 0.4) is 0 Å². The molecule has 3 aromatic carbocycles. The highest BCUT2D eigenvalue weighted by Gasteiger charge is 2.11. The number of methoxy groups -OCH3 is 1. The van der Waals surface area contributed by atoms with E-state index in [1.165, 1.54) is 0 Å². The third-order valence-electron chi connectivity index (χ3n) is 4.16. The summed E-state index contributed by atoms with van der Waals surface area (Å²) in [6.07, 6.45) is 0. The van der Waals surface area contributed by atoms with Crippen LogP contribution in [0.2, 0.25) is 5.02 Å². The standard InChI is InChI=1S/C22H19ClN2O3/c1-28-20-9-5-2-6-17(20)14-24-21(26)15-10-12-16(13-11-15)22(27)25-19-8-4-3-7-18(19)23/h2-13H,14H2,1H3,(H,24,26)(H,25,27). The number of ether oxygens (including phenoxy) is 1. The summed E-state index contributed by atoms with van der Waals surface area (Å²) >= 11 is 6.05. The van der Waals surface area contributed by atoms with Crippen molar-refractivity contribution >= 4 is 29.1 Å². The van der Waals surface area contributed by atoms with Crippen molar-refractivity contribution in [1.82, 2.24) is 5.32 Å². The van der Waals surface area contributed by atoms with Gasteiger partial charge < -0.3 is 15.4 Å². The number of rotatable bonds is 6. The van der Waals surface area contributed by atoms with Gasteiger partial charge in [0.25, 0.3) is 11.8 Å². The van der Waals surface area contributed by atoms with Gasteiger partial charge in [-0.1, -0.05) is 41.9 Å². The maximum atomic E-state index is 12.4. The number of anilines is 1. The molecule has 0 aliphatic heterocycles. The fourth-order valence-electron chi connectivity index (χ4n) is 2.66. The largest absolute Gasteiger partial charge is 0.496 e. The molecule has 0 spiro atoms. The molecule has 2 amide bonds. The fraction of sp³-hybridized carbons (Fsp3) is 0.0909. The van der Waals surface area contributed by atoms with E-state index in [2.05, 4.69) is 10.6 Å². The van der Waals surface area contributed by atoms with E-state index in [0.29, 0.717) is 28.4 Å². The van der Waals surface area contributed by atoms with E-state index in [1.54, 1.807) is 55.6 Å². The highest BCUT2D eigenvalue weighted by atomic mass is 35.5. The zero-order chi connectivity index (χ0) is 19.9. The zero-order valence-corrected chi connectivity index (χ0v) is 16.0. The normalized spacial score (nSPS) is 10.2. The third kappa shape index (κ3) is 4.69. The molecule has 0 saturated heterocycles. The lowest BCUT2D eigenvalue weighted by molar-refractivity contribution is 0.0949. The number of para-hydroxylation sites is 2. The predicted molar refractivity (Wildman–Crippen MR) is 110 cm³/mol. The number of nitrogens with one attached hydrogen (secondary N) is 2. The van der Waals surface area contributed by atoms with Gasteiger partial charge in [-0.25, -0.2) is 0 Å². The van der Waals surface area contributed by atoms with E-state index in [9.17, 15) is 9.59 Å². The second kappa shape index (κ2) is 9.06. The Kier molecular flexibility index (Phi) is 6.29. The van der Waals surface area contributed by atoms with Crippen molar-refractivity contribution in [3.05, 3.63) is 94.5 Å². The van der Waals surface area contributed by atoms with Crippen LogP contribution in [-0.4, -0.2) is 18.9 Å². The Morgan fingerprint density at radius 1 is 0.857 bits per heavy atom. The molecule has 0 unspecified atom stereocenters. The predicted octanol–water partition coefficient (Wildman–Crippen LogP) is 4.53. The van der Waals surface area contributed by atoms with Crippen LogP contribution in [0.4, 0.5) is 5.69 Å². The number of halogens is 1. The Morgan fingerprint density at radius 2 is 1.46 bits per heavy atom. The summed E-state index contributed by atoms with van der Waals surface area (Å²) in [6, 6.07) is 20.9. The van der Waals surface area contributed by atoms with Crippen LogP contribution in [0.15, 0.2) is 72.8 Å². The van der Waals surface area contributed by atoms with E-state index in [0.717, 1.165) is 11.3 Å². The Morgan fingerprint density at radius 3 is 2.14 bits per heavy atom. The van der Waals surface area contributed by atoms with E-state index < -0.39 is 0 Å². The quantitative estimate of drug-likeness (QED) is 0.645. The highest BCUT2D eigenvalue weighted by Crippen LogP contribution is 2.21. The first-order chi connectivity index (χ1) is 13.6. The first-order valence-electron chi connectivity index (χ1n) is 8.64. The highest BCUT2D eigenvalue weighted by molar-refractivity contribution is 6.33. The molecule has 3 rings (SSSR count). The lowest BCUT2D eigenvalue weighted by Crippen LogP contribution is -2.23. The van der Waals surface area contributed by atoms with Crippen molar-refractivity contribution in [1.29, 1.82) is 0 Å². The van der Waals surface area contributed by atoms with Crippen molar-refractivity contribution in [2.24, 2.45) is 0 Å². The summed E-state index contributed by atoms with van der Waals surface area (Å²) in [6.45, 7) is 0.345. The van der Waals surface area contributed by atoms with Gasteiger partial charge in [0.15, 0.2) is 0 Å². The van der Waals surface area contributed by atoms with Crippen LogP contribution in [0.1, 0.15) is 26.3 Å². The minimum absolute atomic E-state index is 0.232. The lowest BCUT2D eigenvalue weighted by Gasteiger charge is -2.10. The maximum absolute atomic E-state index is 12.4. The zero-order valence-electron chi connectivity index (χ0n) is 15.2. The van der Waals surface area contributed by atoms with Gasteiger partial charge in [-0.15, -0.1) is 0 Å². The summed E-state index contributed by atoms with van der Waals surface area (Å²) in [5.74, 6) is 0.187. The SMILES string of the molecule is COc1ccccc1CNC(=O)c1ccc(C(=O)Nc2ccccc2Cl)cc1. The molecule has 6 heteroatoms. The van der Waals surface area contributed by atoms with Gasteiger partial charge in [0.1, 0.15) is 5.75 Å². The Bertz CT molecular complexity index is 987. The van der Waals surface area contributed by atoms with Crippen molar-refractivity contribution in [3.8, 4) is 5.75 Å². The lowest BCUT2D eigenvalue weighted by atomic mass is 10.1.